The number of hydrogen-bond donors (Lipinski definition) is 1. The second-order valence-corrected chi connectivity index (χ2v) is 5.22. The highest BCUT2D eigenvalue weighted by atomic mass is 16.6. The van der Waals surface area contributed by atoms with Gasteiger partial charge in [0.05, 0.1) is 0 Å². The molecule has 0 aliphatic rings. The first-order valence-corrected chi connectivity index (χ1v) is 5.88. The molecule has 0 radical (unpaired) electrons. The van der Waals surface area contributed by atoms with E-state index in [-0.39, 0.29) is 0 Å². The molecule has 4 heteroatoms. The van der Waals surface area contributed by atoms with E-state index in [1.54, 1.807) is 4.58 Å². The van der Waals surface area contributed by atoms with Crippen molar-refractivity contribution in [2.45, 2.75) is 32.9 Å². The minimum atomic E-state index is -0.473. The van der Waals surface area contributed by atoms with Gasteiger partial charge in [0.25, 0.3) is 0 Å². The summed E-state index contributed by atoms with van der Waals surface area (Å²) in [5.41, 5.74) is 1.53. The number of nitrogens with one attached hydrogen (secondary N) is 1. The Morgan fingerprint density at radius 1 is 1.44 bits per heavy atom. The first-order valence-electron chi connectivity index (χ1n) is 5.88. The minimum absolute atomic E-state index is 0.407. The van der Waals surface area contributed by atoms with Gasteiger partial charge in [-0.1, -0.05) is 12.1 Å². The number of carbonyl (C=O) groups excluding carboxylic acids is 1. The summed E-state index contributed by atoms with van der Waals surface area (Å²) in [6, 6.07) is 7.82. The number of benzene rings is 1. The summed E-state index contributed by atoms with van der Waals surface area (Å²) in [4.78, 5) is 11.5. The monoisotopic (exact) mass is 249 g/mol. The van der Waals surface area contributed by atoms with Crippen molar-refractivity contribution in [2.75, 3.05) is 7.05 Å². The maximum absolute atomic E-state index is 11.5. The van der Waals surface area contributed by atoms with E-state index < -0.39 is 11.7 Å². The first-order chi connectivity index (χ1) is 8.28. The second-order valence-electron chi connectivity index (χ2n) is 5.22. The molecule has 0 bridgehead atoms. The maximum Gasteiger partial charge on any atom is 0.407 e. The van der Waals surface area contributed by atoms with E-state index in [1.165, 1.54) is 0 Å². The van der Waals surface area contributed by atoms with E-state index in [0.717, 1.165) is 11.3 Å². The second kappa shape index (κ2) is 5.67. The molecule has 4 nitrogen and oxygen atoms in total. The maximum atomic E-state index is 11.5. The van der Waals surface area contributed by atoms with E-state index in [9.17, 15) is 4.79 Å². The summed E-state index contributed by atoms with van der Waals surface area (Å²) >= 11 is 0. The van der Waals surface area contributed by atoms with Crippen LogP contribution in [0.1, 0.15) is 26.3 Å². The number of alkyl carbamates (subject to hydrolysis) is 1. The van der Waals surface area contributed by atoms with Crippen molar-refractivity contribution in [1.82, 2.24) is 5.32 Å². The fraction of sp³-hybridized carbons (Fsp3) is 0.429. The molecule has 1 aromatic rings. The van der Waals surface area contributed by atoms with Crippen molar-refractivity contribution >= 4 is 18.5 Å². The van der Waals surface area contributed by atoms with Gasteiger partial charge >= 0.3 is 6.09 Å². The van der Waals surface area contributed by atoms with Crippen LogP contribution in [0.2, 0.25) is 0 Å². The average Bonchev–Trinajstić information content (AvgIpc) is 2.24. The third-order valence-electron chi connectivity index (χ3n) is 2.19. The van der Waals surface area contributed by atoms with E-state index in [1.807, 2.05) is 52.1 Å². The molecule has 1 rings (SSSR count). The third kappa shape index (κ3) is 4.99. The van der Waals surface area contributed by atoms with Gasteiger partial charge in [-0.2, -0.15) is 0 Å². The van der Waals surface area contributed by atoms with Crippen LogP contribution in [-0.2, 0) is 11.3 Å². The predicted octanol–water partition coefficient (Wildman–Crippen LogP) is 2.69. The van der Waals surface area contributed by atoms with Crippen LogP contribution >= 0.6 is 0 Å². The number of carbonyl (C=O) groups is 1. The molecule has 0 saturated heterocycles. The zero-order chi connectivity index (χ0) is 13.8. The van der Waals surface area contributed by atoms with Gasteiger partial charge in [0.1, 0.15) is 19.4 Å². The Hall–Kier alpha value is -1.84. The third-order valence-corrected chi connectivity index (χ3v) is 2.19. The normalized spacial score (nSPS) is 10.9. The van der Waals surface area contributed by atoms with Crippen LogP contribution in [0.3, 0.4) is 0 Å². The Bertz CT molecular complexity index is 447. The lowest BCUT2D eigenvalue weighted by atomic mass is 10.2. The van der Waals surface area contributed by atoms with E-state index >= 15 is 0 Å². The van der Waals surface area contributed by atoms with Gasteiger partial charge in [-0.15, -0.1) is 0 Å². The highest BCUT2D eigenvalue weighted by Gasteiger charge is 2.15. The van der Waals surface area contributed by atoms with E-state index in [4.69, 9.17) is 4.74 Å². The smallest absolute Gasteiger partial charge is 0.407 e. The molecule has 0 atom stereocenters. The van der Waals surface area contributed by atoms with Gasteiger partial charge in [-0.05, 0) is 26.3 Å². The molecule has 1 aromatic carbocycles. The lowest BCUT2D eigenvalue weighted by Crippen LogP contribution is -2.32. The number of nitrogens with zero attached hydrogens (tertiary/aromatic N) is 1. The number of amides is 1. The molecule has 0 unspecified atom stereocenters. The summed E-state index contributed by atoms with van der Waals surface area (Å²) in [7, 11) is 1.88. The van der Waals surface area contributed by atoms with Crippen LogP contribution < -0.4 is 5.32 Å². The zero-order valence-electron chi connectivity index (χ0n) is 11.5. The Balaban J connectivity index is 2.56. The van der Waals surface area contributed by atoms with E-state index in [0.29, 0.717) is 6.54 Å². The van der Waals surface area contributed by atoms with Crippen molar-refractivity contribution < 1.29 is 14.1 Å². The van der Waals surface area contributed by atoms with Gasteiger partial charge in [0.2, 0.25) is 5.69 Å². The topological polar surface area (TPSA) is 41.3 Å². The molecular weight excluding hydrogens is 228 g/mol. The summed E-state index contributed by atoms with van der Waals surface area (Å²) in [5.74, 6) is 0. The standard InChI is InChI=1S/C14H20N2O2/c1-14(2,3)18-13(17)15-10-11-7-6-8-12(9-11)16(4)5/h6-9H,4,10H2,1-3,5H3/p+1. The molecule has 1 N–H and O–H groups in total. The van der Waals surface area contributed by atoms with Crippen molar-refractivity contribution in [3.8, 4) is 0 Å². The molecular formula is C14H21N2O2+. The molecule has 0 fully saturated rings. The number of ether oxygens (including phenoxy) is 1. The molecule has 0 aromatic heterocycles. The Morgan fingerprint density at radius 3 is 2.67 bits per heavy atom. The van der Waals surface area contributed by atoms with Crippen molar-refractivity contribution in [3.05, 3.63) is 29.8 Å². The highest BCUT2D eigenvalue weighted by molar-refractivity contribution is 5.67. The summed E-state index contributed by atoms with van der Waals surface area (Å²) in [5, 5.41) is 2.72. The van der Waals surface area contributed by atoms with Crippen molar-refractivity contribution in [2.24, 2.45) is 0 Å². The zero-order valence-corrected chi connectivity index (χ0v) is 11.5. The Morgan fingerprint density at radius 2 is 2.11 bits per heavy atom. The van der Waals surface area contributed by atoms with Crippen molar-refractivity contribution in [1.29, 1.82) is 0 Å². The quantitative estimate of drug-likeness (QED) is 0.661. The van der Waals surface area contributed by atoms with Crippen LogP contribution in [0.5, 0.6) is 0 Å². The number of hydrogen-bond acceptors (Lipinski definition) is 2. The van der Waals surface area contributed by atoms with Crippen molar-refractivity contribution in [3.63, 3.8) is 0 Å². The average molecular weight is 249 g/mol. The molecule has 0 saturated carbocycles. The summed E-state index contributed by atoms with van der Waals surface area (Å²) < 4.78 is 6.94. The molecule has 0 heterocycles. The Kier molecular flexibility index (Phi) is 4.48. The molecule has 1 amide bonds. The largest absolute Gasteiger partial charge is 0.444 e. The molecule has 0 aliphatic heterocycles. The predicted molar refractivity (Wildman–Crippen MR) is 72.5 cm³/mol. The van der Waals surface area contributed by atoms with Crippen LogP contribution in [0.25, 0.3) is 0 Å². The van der Waals surface area contributed by atoms with Gasteiger partial charge < -0.3 is 10.1 Å². The number of rotatable bonds is 3. The van der Waals surface area contributed by atoms with Gasteiger partial charge in [-0.25, -0.2) is 9.37 Å². The minimum Gasteiger partial charge on any atom is -0.444 e. The van der Waals surface area contributed by atoms with E-state index in [2.05, 4.69) is 12.0 Å². The lowest BCUT2D eigenvalue weighted by molar-refractivity contribution is -0.394. The van der Waals surface area contributed by atoms with Gasteiger partial charge in [0, 0.05) is 18.7 Å². The van der Waals surface area contributed by atoms with Gasteiger partial charge in [-0.3, -0.25) is 0 Å². The summed E-state index contributed by atoms with van der Waals surface area (Å²) in [6.07, 6.45) is -0.407. The molecule has 0 aliphatic carbocycles. The van der Waals surface area contributed by atoms with Crippen LogP contribution in [0.15, 0.2) is 24.3 Å². The lowest BCUT2D eigenvalue weighted by Gasteiger charge is -2.19. The van der Waals surface area contributed by atoms with Crippen LogP contribution in [-0.4, -0.2) is 30.0 Å². The van der Waals surface area contributed by atoms with Crippen LogP contribution in [0, 0.1) is 0 Å². The Labute approximate surface area is 108 Å². The highest BCUT2D eigenvalue weighted by Crippen LogP contribution is 2.12. The fourth-order valence-corrected chi connectivity index (χ4v) is 1.39. The summed E-state index contributed by atoms with van der Waals surface area (Å²) in [6.45, 7) is 9.77. The molecule has 0 spiro atoms. The molecule has 98 valence electrons. The van der Waals surface area contributed by atoms with Crippen LogP contribution in [0.4, 0.5) is 10.5 Å². The molecule has 18 heavy (non-hydrogen) atoms. The fourth-order valence-electron chi connectivity index (χ4n) is 1.39. The first kappa shape index (κ1) is 14.2. The van der Waals surface area contributed by atoms with Gasteiger partial charge in [0.15, 0.2) is 0 Å². The SMILES string of the molecule is C=[N+](C)c1cccc(CNC(=O)OC(C)(C)C)c1.